The molecule has 0 fully saturated rings. The van der Waals surface area contributed by atoms with Gasteiger partial charge in [0, 0.05) is 21.9 Å². The number of hydrogen-bond donors (Lipinski definition) is 3. The number of halogens is 3. The molecule has 0 aliphatic carbocycles. The van der Waals surface area contributed by atoms with E-state index in [4.69, 9.17) is 12.2 Å². The largest absolute Gasteiger partial charge is 0.351 e. The number of rotatable bonds is 3. The van der Waals surface area contributed by atoms with E-state index in [1.807, 2.05) is 24.3 Å². The molecule has 0 bridgehead atoms. The fraction of sp³-hybridized carbons (Fsp3) is 0.111. The summed E-state index contributed by atoms with van der Waals surface area (Å²) < 4.78 is 27.3. The molecule has 4 nitrogen and oxygen atoms in total. The predicted molar refractivity (Wildman–Crippen MR) is 103 cm³/mol. The third-order valence-electron chi connectivity index (χ3n) is 3.87. The van der Waals surface area contributed by atoms with Crippen LogP contribution in [0.3, 0.4) is 0 Å². The van der Waals surface area contributed by atoms with Gasteiger partial charge in [0.2, 0.25) is 0 Å². The molecule has 1 aliphatic heterocycles. The van der Waals surface area contributed by atoms with E-state index in [0.29, 0.717) is 16.4 Å². The molecule has 0 aromatic heterocycles. The number of anilines is 1. The number of thiocarbonyl (C=S) groups is 1. The molecule has 1 atom stereocenters. The SMILES string of the molecule is CC1=C(C(=O)Nc2ccc(F)c(F)c2)[C@@H](c2cccc(Br)c2)NC(=S)N1. The highest BCUT2D eigenvalue weighted by Crippen LogP contribution is 2.29. The quantitative estimate of drug-likeness (QED) is 0.631. The lowest BCUT2D eigenvalue weighted by atomic mass is 9.95. The van der Waals surface area contributed by atoms with E-state index >= 15 is 0 Å². The first-order chi connectivity index (χ1) is 12.3. The summed E-state index contributed by atoms with van der Waals surface area (Å²) in [6, 6.07) is 10.2. The summed E-state index contributed by atoms with van der Waals surface area (Å²) >= 11 is 8.62. The number of nitrogens with one attached hydrogen (secondary N) is 3. The predicted octanol–water partition coefficient (Wildman–Crippen LogP) is 4.16. The average molecular weight is 438 g/mol. The van der Waals surface area contributed by atoms with Crippen LogP contribution in [0.5, 0.6) is 0 Å². The minimum absolute atomic E-state index is 0.162. The number of amides is 1. The normalized spacial score (nSPS) is 16.8. The highest BCUT2D eigenvalue weighted by Gasteiger charge is 2.30. The second-order valence-corrected chi connectivity index (χ2v) is 7.03. The van der Waals surface area contributed by atoms with Crippen molar-refractivity contribution >= 4 is 44.9 Å². The van der Waals surface area contributed by atoms with E-state index < -0.39 is 23.6 Å². The van der Waals surface area contributed by atoms with Crippen molar-refractivity contribution in [3.8, 4) is 0 Å². The molecule has 0 radical (unpaired) electrons. The number of hydrogen-bond acceptors (Lipinski definition) is 2. The third-order valence-corrected chi connectivity index (χ3v) is 4.59. The molecule has 1 aliphatic rings. The molecule has 1 amide bonds. The van der Waals surface area contributed by atoms with Crippen LogP contribution in [0.15, 0.2) is 58.2 Å². The summed E-state index contributed by atoms with van der Waals surface area (Å²) in [6.07, 6.45) is 0. The second kappa shape index (κ2) is 7.51. The van der Waals surface area contributed by atoms with E-state index in [2.05, 4.69) is 31.9 Å². The van der Waals surface area contributed by atoms with Crippen LogP contribution in [0.4, 0.5) is 14.5 Å². The first-order valence-electron chi connectivity index (χ1n) is 7.65. The molecule has 2 aromatic carbocycles. The van der Waals surface area contributed by atoms with E-state index in [0.717, 1.165) is 22.2 Å². The summed E-state index contributed by atoms with van der Waals surface area (Å²) in [5.41, 5.74) is 1.98. The molecule has 1 heterocycles. The summed E-state index contributed by atoms with van der Waals surface area (Å²) in [5, 5.41) is 9.00. The lowest BCUT2D eigenvalue weighted by molar-refractivity contribution is -0.113. The van der Waals surface area contributed by atoms with Crippen LogP contribution in [0.25, 0.3) is 0 Å². The Kier molecular flexibility index (Phi) is 5.33. The zero-order chi connectivity index (χ0) is 18.8. The lowest BCUT2D eigenvalue weighted by Crippen LogP contribution is -2.45. The van der Waals surface area contributed by atoms with Crippen LogP contribution >= 0.6 is 28.1 Å². The summed E-state index contributed by atoms with van der Waals surface area (Å²) in [6.45, 7) is 1.73. The average Bonchev–Trinajstić information content (AvgIpc) is 2.57. The molecule has 0 unspecified atom stereocenters. The van der Waals surface area contributed by atoms with Gasteiger partial charge in [-0.3, -0.25) is 4.79 Å². The van der Waals surface area contributed by atoms with Crippen LogP contribution in [0.1, 0.15) is 18.5 Å². The van der Waals surface area contributed by atoms with Crippen LogP contribution in [-0.4, -0.2) is 11.0 Å². The Morgan fingerprint density at radius 2 is 1.96 bits per heavy atom. The van der Waals surface area contributed by atoms with Gasteiger partial charge in [0.1, 0.15) is 0 Å². The Bertz CT molecular complexity index is 932. The number of carbonyl (C=O) groups excluding carboxylic acids is 1. The maximum atomic E-state index is 13.4. The van der Waals surface area contributed by atoms with E-state index in [1.165, 1.54) is 6.07 Å². The van der Waals surface area contributed by atoms with Crippen molar-refractivity contribution in [1.29, 1.82) is 0 Å². The summed E-state index contributed by atoms with van der Waals surface area (Å²) in [5.74, 6) is -2.45. The Morgan fingerprint density at radius 1 is 1.19 bits per heavy atom. The molecule has 3 rings (SSSR count). The van der Waals surface area contributed by atoms with Gasteiger partial charge in [-0.1, -0.05) is 28.1 Å². The van der Waals surface area contributed by atoms with Crippen LogP contribution < -0.4 is 16.0 Å². The van der Waals surface area contributed by atoms with Gasteiger partial charge in [0.05, 0.1) is 11.6 Å². The lowest BCUT2D eigenvalue weighted by Gasteiger charge is -2.30. The van der Waals surface area contributed by atoms with Crippen molar-refractivity contribution in [1.82, 2.24) is 10.6 Å². The second-order valence-electron chi connectivity index (χ2n) is 5.71. The fourth-order valence-electron chi connectivity index (χ4n) is 2.70. The van der Waals surface area contributed by atoms with Crippen LogP contribution in [0.2, 0.25) is 0 Å². The van der Waals surface area contributed by atoms with Crippen LogP contribution in [0, 0.1) is 11.6 Å². The van der Waals surface area contributed by atoms with Gasteiger partial charge in [-0.25, -0.2) is 8.78 Å². The zero-order valence-electron chi connectivity index (χ0n) is 13.6. The van der Waals surface area contributed by atoms with Gasteiger partial charge in [0.15, 0.2) is 16.7 Å². The van der Waals surface area contributed by atoms with Crippen molar-refractivity contribution in [3.05, 3.63) is 75.4 Å². The summed E-state index contributed by atoms with van der Waals surface area (Å²) in [4.78, 5) is 12.8. The first kappa shape index (κ1) is 18.5. The monoisotopic (exact) mass is 437 g/mol. The van der Waals surface area contributed by atoms with Gasteiger partial charge >= 0.3 is 0 Å². The van der Waals surface area contributed by atoms with Gasteiger partial charge in [0.25, 0.3) is 5.91 Å². The third kappa shape index (κ3) is 3.91. The highest BCUT2D eigenvalue weighted by molar-refractivity contribution is 9.10. The molecule has 134 valence electrons. The maximum absolute atomic E-state index is 13.4. The van der Waals surface area contributed by atoms with Crippen molar-refractivity contribution in [2.24, 2.45) is 0 Å². The highest BCUT2D eigenvalue weighted by atomic mass is 79.9. The topological polar surface area (TPSA) is 53.2 Å². The Labute approximate surface area is 162 Å². The minimum atomic E-state index is -1.03. The Balaban J connectivity index is 1.95. The van der Waals surface area contributed by atoms with Crippen molar-refractivity contribution in [3.63, 3.8) is 0 Å². The number of benzene rings is 2. The van der Waals surface area contributed by atoms with Crippen molar-refractivity contribution in [2.45, 2.75) is 13.0 Å². The molecule has 0 saturated carbocycles. The maximum Gasteiger partial charge on any atom is 0.255 e. The van der Waals surface area contributed by atoms with Gasteiger partial charge in [-0.2, -0.15) is 0 Å². The zero-order valence-corrected chi connectivity index (χ0v) is 16.0. The first-order valence-corrected chi connectivity index (χ1v) is 8.85. The standard InChI is InChI=1S/C18H14BrF2N3OS/c1-9-15(17(25)23-12-5-6-13(20)14(21)8-12)16(24-18(26)22-9)10-3-2-4-11(19)7-10/h2-8,16H,1H3,(H,23,25)(H2,22,24,26)/t16-/m1/s1. The van der Waals surface area contributed by atoms with E-state index in [-0.39, 0.29) is 5.69 Å². The molecule has 2 aromatic rings. The molecule has 26 heavy (non-hydrogen) atoms. The van der Waals surface area contributed by atoms with Crippen molar-refractivity contribution < 1.29 is 13.6 Å². The fourth-order valence-corrected chi connectivity index (χ4v) is 3.39. The molecule has 3 N–H and O–H groups in total. The molecule has 0 saturated heterocycles. The molecule has 8 heteroatoms. The molecular formula is C18H14BrF2N3OS. The van der Waals surface area contributed by atoms with E-state index in [9.17, 15) is 13.6 Å². The van der Waals surface area contributed by atoms with Gasteiger partial charge < -0.3 is 16.0 Å². The Morgan fingerprint density at radius 3 is 2.65 bits per heavy atom. The Hall–Kier alpha value is -2.32. The molecular weight excluding hydrogens is 424 g/mol. The molecule has 0 spiro atoms. The van der Waals surface area contributed by atoms with Crippen molar-refractivity contribution in [2.75, 3.05) is 5.32 Å². The smallest absolute Gasteiger partial charge is 0.255 e. The number of allylic oxidation sites excluding steroid dienone is 1. The summed E-state index contributed by atoms with van der Waals surface area (Å²) in [7, 11) is 0. The number of carbonyl (C=O) groups is 1. The van der Waals surface area contributed by atoms with Gasteiger partial charge in [-0.15, -0.1) is 0 Å². The van der Waals surface area contributed by atoms with E-state index in [1.54, 1.807) is 6.92 Å². The minimum Gasteiger partial charge on any atom is -0.351 e. The van der Waals surface area contributed by atoms with Crippen LogP contribution in [-0.2, 0) is 4.79 Å². The van der Waals surface area contributed by atoms with Gasteiger partial charge in [-0.05, 0) is 49.0 Å².